The van der Waals surface area contributed by atoms with Crippen LogP contribution in [0.4, 0.5) is 5.69 Å². The highest BCUT2D eigenvalue weighted by atomic mass is 16.6. The number of H-pyrrole nitrogens is 1. The van der Waals surface area contributed by atoms with Crippen molar-refractivity contribution < 1.29 is 4.92 Å². The quantitative estimate of drug-likeness (QED) is 0.647. The van der Waals surface area contributed by atoms with Gasteiger partial charge in [-0.15, -0.1) is 0 Å². The van der Waals surface area contributed by atoms with E-state index in [9.17, 15) is 14.9 Å². The van der Waals surface area contributed by atoms with Gasteiger partial charge < -0.3 is 4.98 Å². The first-order valence-electron chi connectivity index (χ1n) is 5.31. The Balaban J connectivity index is 2.62. The molecule has 0 saturated heterocycles. The molecule has 0 saturated carbocycles. The Hall–Kier alpha value is -2.50. The van der Waals surface area contributed by atoms with Gasteiger partial charge in [-0.3, -0.25) is 14.9 Å². The summed E-state index contributed by atoms with van der Waals surface area (Å²) >= 11 is 0. The van der Waals surface area contributed by atoms with Crippen molar-refractivity contribution in [2.45, 2.75) is 13.8 Å². The molecule has 1 N–H and O–H groups in total. The van der Waals surface area contributed by atoms with Gasteiger partial charge in [0.1, 0.15) is 5.69 Å². The van der Waals surface area contributed by atoms with Gasteiger partial charge in [0.15, 0.2) is 0 Å². The van der Waals surface area contributed by atoms with E-state index in [1.54, 1.807) is 19.9 Å². The predicted molar refractivity (Wildman–Crippen MR) is 66.4 cm³/mol. The van der Waals surface area contributed by atoms with Crippen molar-refractivity contribution in [2.24, 2.45) is 0 Å². The van der Waals surface area contributed by atoms with Gasteiger partial charge in [0.05, 0.1) is 10.6 Å². The molecule has 2 rings (SSSR count). The number of nitrogens with zero attached hydrogens (tertiary/aromatic N) is 2. The Bertz CT molecular complexity index is 677. The molecule has 6 heteroatoms. The Morgan fingerprint density at radius 1 is 1.33 bits per heavy atom. The molecule has 1 aromatic heterocycles. The maximum atomic E-state index is 11.8. The molecule has 92 valence electrons. The number of nitro benzene ring substituents is 1. The minimum absolute atomic E-state index is 0.0630. The molecule has 0 atom stereocenters. The van der Waals surface area contributed by atoms with Crippen LogP contribution in [0.1, 0.15) is 11.4 Å². The van der Waals surface area contributed by atoms with Crippen molar-refractivity contribution in [3.05, 3.63) is 56.1 Å². The Morgan fingerprint density at radius 2 is 2.06 bits per heavy atom. The van der Waals surface area contributed by atoms with Gasteiger partial charge in [-0.05, 0) is 13.8 Å². The van der Waals surface area contributed by atoms with Crippen molar-refractivity contribution in [1.82, 2.24) is 9.97 Å². The third kappa shape index (κ3) is 2.13. The molecule has 0 fully saturated rings. The normalized spacial score (nSPS) is 10.3. The molecule has 0 unspecified atom stereocenters. The maximum Gasteiger partial charge on any atom is 0.274 e. The monoisotopic (exact) mass is 245 g/mol. The van der Waals surface area contributed by atoms with E-state index in [0.717, 1.165) is 0 Å². The fourth-order valence-electron chi connectivity index (χ4n) is 1.58. The second-order valence-corrected chi connectivity index (χ2v) is 3.93. The summed E-state index contributed by atoms with van der Waals surface area (Å²) in [6.45, 7) is 3.52. The Morgan fingerprint density at radius 3 is 2.72 bits per heavy atom. The lowest BCUT2D eigenvalue weighted by Gasteiger charge is -2.03. The standard InChI is InChI=1S/C12H11N3O3/c1-7-8(2)14-12(16)11(13-7)9-4-3-5-10(6-9)15(17)18/h3-6H,1-2H3,(H,14,16). The summed E-state index contributed by atoms with van der Waals surface area (Å²) in [5, 5.41) is 10.7. The summed E-state index contributed by atoms with van der Waals surface area (Å²) in [5.74, 6) is 0. The summed E-state index contributed by atoms with van der Waals surface area (Å²) < 4.78 is 0. The van der Waals surface area contributed by atoms with Gasteiger partial charge in [-0.25, -0.2) is 4.98 Å². The molecule has 6 nitrogen and oxygen atoms in total. The van der Waals surface area contributed by atoms with Crippen LogP contribution >= 0.6 is 0 Å². The van der Waals surface area contributed by atoms with Crippen LogP contribution in [0.5, 0.6) is 0 Å². The smallest absolute Gasteiger partial charge is 0.274 e. The third-order valence-corrected chi connectivity index (χ3v) is 2.67. The van der Waals surface area contributed by atoms with Crippen LogP contribution in [0.25, 0.3) is 11.3 Å². The number of hydrogen-bond donors (Lipinski definition) is 1. The molecule has 0 bridgehead atoms. The van der Waals surface area contributed by atoms with E-state index in [1.807, 2.05) is 0 Å². The summed E-state index contributed by atoms with van der Waals surface area (Å²) in [4.78, 5) is 28.8. The lowest BCUT2D eigenvalue weighted by atomic mass is 10.1. The molecule has 0 spiro atoms. The van der Waals surface area contributed by atoms with Crippen LogP contribution in [0, 0.1) is 24.0 Å². The molecule has 0 aliphatic carbocycles. The zero-order chi connectivity index (χ0) is 13.3. The highest BCUT2D eigenvalue weighted by molar-refractivity contribution is 5.61. The second-order valence-electron chi connectivity index (χ2n) is 3.93. The van der Waals surface area contributed by atoms with Crippen molar-refractivity contribution in [3.8, 4) is 11.3 Å². The number of nitrogens with one attached hydrogen (secondary N) is 1. The zero-order valence-electron chi connectivity index (χ0n) is 9.93. The summed E-state index contributed by atoms with van der Waals surface area (Å²) in [5.41, 5.74) is 1.60. The van der Waals surface area contributed by atoms with Crippen molar-refractivity contribution in [3.63, 3.8) is 0 Å². The van der Waals surface area contributed by atoms with Crippen molar-refractivity contribution in [2.75, 3.05) is 0 Å². The topological polar surface area (TPSA) is 88.9 Å². The number of benzene rings is 1. The predicted octanol–water partition coefficient (Wildman–Crippen LogP) is 1.96. The fraction of sp³-hybridized carbons (Fsp3) is 0.167. The number of aromatic amines is 1. The Kier molecular flexibility index (Phi) is 2.93. The number of aryl methyl sites for hydroxylation is 2. The summed E-state index contributed by atoms with van der Waals surface area (Å²) in [6, 6.07) is 5.87. The Labute approximate surface area is 102 Å². The van der Waals surface area contributed by atoms with Gasteiger partial charge in [-0.1, -0.05) is 12.1 Å². The molecule has 1 heterocycles. The first kappa shape index (κ1) is 12.0. The van der Waals surface area contributed by atoms with E-state index in [0.29, 0.717) is 17.0 Å². The van der Waals surface area contributed by atoms with E-state index in [2.05, 4.69) is 9.97 Å². The van der Waals surface area contributed by atoms with Gasteiger partial charge in [-0.2, -0.15) is 0 Å². The minimum Gasteiger partial charge on any atom is -0.323 e. The highest BCUT2D eigenvalue weighted by Gasteiger charge is 2.11. The second kappa shape index (κ2) is 4.40. The molecule has 1 aromatic carbocycles. The summed E-state index contributed by atoms with van der Waals surface area (Å²) in [7, 11) is 0. The average Bonchev–Trinajstić information content (AvgIpc) is 2.34. The van der Waals surface area contributed by atoms with Gasteiger partial charge in [0, 0.05) is 23.4 Å². The minimum atomic E-state index is -0.501. The van der Waals surface area contributed by atoms with Gasteiger partial charge >= 0.3 is 0 Å². The average molecular weight is 245 g/mol. The summed E-state index contributed by atoms with van der Waals surface area (Å²) in [6.07, 6.45) is 0. The molecular formula is C12H11N3O3. The number of aromatic nitrogens is 2. The molecular weight excluding hydrogens is 234 g/mol. The molecule has 0 amide bonds. The van der Waals surface area contributed by atoms with Gasteiger partial charge in [0.2, 0.25) is 0 Å². The number of hydrogen-bond acceptors (Lipinski definition) is 4. The molecule has 0 aliphatic rings. The number of nitro groups is 1. The largest absolute Gasteiger partial charge is 0.323 e. The molecule has 0 radical (unpaired) electrons. The third-order valence-electron chi connectivity index (χ3n) is 2.67. The van der Waals surface area contributed by atoms with E-state index in [4.69, 9.17) is 0 Å². The van der Waals surface area contributed by atoms with Crippen molar-refractivity contribution in [1.29, 1.82) is 0 Å². The van der Waals surface area contributed by atoms with Crippen LogP contribution in [-0.2, 0) is 0 Å². The van der Waals surface area contributed by atoms with Crippen LogP contribution in [0.3, 0.4) is 0 Å². The van der Waals surface area contributed by atoms with Crippen LogP contribution < -0.4 is 5.56 Å². The first-order valence-corrected chi connectivity index (χ1v) is 5.31. The zero-order valence-corrected chi connectivity index (χ0v) is 9.93. The van der Waals surface area contributed by atoms with E-state index >= 15 is 0 Å². The molecule has 2 aromatic rings. The molecule has 18 heavy (non-hydrogen) atoms. The van der Waals surface area contributed by atoms with Gasteiger partial charge in [0.25, 0.3) is 11.2 Å². The number of rotatable bonds is 2. The SMILES string of the molecule is Cc1nc(-c2cccc([N+](=O)[O-])c2)c(=O)[nH]c1C. The maximum absolute atomic E-state index is 11.8. The highest BCUT2D eigenvalue weighted by Crippen LogP contribution is 2.20. The number of non-ortho nitro benzene ring substituents is 1. The van der Waals surface area contributed by atoms with Crippen LogP contribution in [-0.4, -0.2) is 14.9 Å². The van der Waals surface area contributed by atoms with Crippen molar-refractivity contribution >= 4 is 5.69 Å². The molecule has 0 aliphatic heterocycles. The van der Waals surface area contributed by atoms with E-state index in [-0.39, 0.29) is 16.9 Å². The van der Waals surface area contributed by atoms with E-state index in [1.165, 1.54) is 18.2 Å². The van der Waals surface area contributed by atoms with E-state index < -0.39 is 4.92 Å². The van der Waals surface area contributed by atoms with Crippen LogP contribution in [0.2, 0.25) is 0 Å². The first-order chi connectivity index (χ1) is 8.49. The fourth-order valence-corrected chi connectivity index (χ4v) is 1.58. The lowest BCUT2D eigenvalue weighted by molar-refractivity contribution is -0.384. The van der Waals surface area contributed by atoms with Crippen LogP contribution in [0.15, 0.2) is 29.1 Å². The lowest BCUT2D eigenvalue weighted by Crippen LogP contribution is -2.14.